The van der Waals surface area contributed by atoms with Gasteiger partial charge < -0.3 is 19.6 Å². The predicted molar refractivity (Wildman–Crippen MR) is 104 cm³/mol. The molecule has 0 aromatic carbocycles. The second kappa shape index (κ2) is 7.70. The maximum Gasteiger partial charge on any atom is 0.326 e. The summed E-state index contributed by atoms with van der Waals surface area (Å²) in [4.78, 5) is 33.3. The molecule has 1 saturated carbocycles. The van der Waals surface area contributed by atoms with E-state index in [9.17, 15) is 14.7 Å². The summed E-state index contributed by atoms with van der Waals surface area (Å²) < 4.78 is 5.80. The van der Waals surface area contributed by atoms with Crippen molar-refractivity contribution in [3.05, 3.63) is 24.0 Å². The van der Waals surface area contributed by atoms with Crippen molar-refractivity contribution >= 4 is 17.6 Å². The zero-order valence-corrected chi connectivity index (χ0v) is 16.6. The Morgan fingerprint density at radius 1 is 1.18 bits per heavy atom. The smallest absolute Gasteiger partial charge is 0.326 e. The van der Waals surface area contributed by atoms with E-state index in [2.05, 4.69) is 9.88 Å². The van der Waals surface area contributed by atoms with Crippen molar-refractivity contribution in [2.24, 2.45) is 5.92 Å². The molecule has 28 heavy (non-hydrogen) atoms. The number of ether oxygens (including phenoxy) is 1. The Labute approximate surface area is 165 Å². The van der Waals surface area contributed by atoms with Gasteiger partial charge >= 0.3 is 5.97 Å². The van der Waals surface area contributed by atoms with Crippen LogP contribution in [0.1, 0.15) is 56.4 Å². The molecule has 1 aromatic rings. The largest absolute Gasteiger partial charge is 0.480 e. The lowest BCUT2D eigenvalue weighted by Crippen LogP contribution is -2.47. The average Bonchev–Trinajstić information content (AvgIpc) is 3.07. The maximum atomic E-state index is 13.3. The summed E-state index contributed by atoms with van der Waals surface area (Å²) in [5.74, 6) is -0.865. The first-order valence-corrected chi connectivity index (χ1v) is 10.4. The molecule has 3 heterocycles. The highest BCUT2D eigenvalue weighted by molar-refractivity contribution is 5.96. The predicted octanol–water partition coefficient (Wildman–Crippen LogP) is 2.55. The van der Waals surface area contributed by atoms with Crippen LogP contribution in [0.2, 0.25) is 0 Å². The van der Waals surface area contributed by atoms with E-state index in [-0.39, 0.29) is 24.2 Å². The Bertz CT molecular complexity index is 745. The fourth-order valence-electron chi connectivity index (χ4n) is 5.23. The highest BCUT2D eigenvalue weighted by Crippen LogP contribution is 2.40. The summed E-state index contributed by atoms with van der Waals surface area (Å²) in [5, 5.41) is 9.71. The summed E-state index contributed by atoms with van der Waals surface area (Å²) in [5.41, 5.74) is 1.27. The topological polar surface area (TPSA) is 83.0 Å². The minimum absolute atomic E-state index is 0.0243. The molecule has 5 unspecified atom stereocenters. The van der Waals surface area contributed by atoms with Crippen LogP contribution in [0.5, 0.6) is 0 Å². The van der Waals surface area contributed by atoms with Crippen LogP contribution < -0.4 is 4.90 Å². The van der Waals surface area contributed by atoms with Crippen LogP contribution >= 0.6 is 0 Å². The number of hydrogen-bond donors (Lipinski definition) is 1. The molecular formula is C21H29N3O4. The van der Waals surface area contributed by atoms with E-state index < -0.39 is 12.0 Å². The number of carboxylic acids is 1. The quantitative estimate of drug-likeness (QED) is 0.858. The van der Waals surface area contributed by atoms with Gasteiger partial charge in [0.2, 0.25) is 0 Å². The van der Waals surface area contributed by atoms with Crippen LogP contribution in [0.25, 0.3) is 0 Å². The number of carboxylic acid groups (broad SMARTS) is 1. The number of likely N-dealkylation sites (tertiary alicyclic amines) is 1. The van der Waals surface area contributed by atoms with Crippen molar-refractivity contribution < 1.29 is 19.4 Å². The van der Waals surface area contributed by atoms with Crippen LogP contribution in [-0.2, 0) is 9.53 Å². The normalized spacial score (nSPS) is 32.9. The second-order valence-electron chi connectivity index (χ2n) is 8.48. The Kier molecular flexibility index (Phi) is 5.27. The standard InChI is InChI=1S/C21H29N3O4/c1-13-11-23(12-14(2)28-13)16-7-8-22-17(10-16)20(25)24-18-6-4-3-5-15(18)9-19(24)21(26)27/h7-8,10,13-15,18-19H,3-6,9,11-12H2,1-2H3,(H,26,27). The lowest BCUT2D eigenvalue weighted by atomic mass is 9.84. The number of nitrogens with zero attached hydrogens (tertiary/aromatic N) is 3. The van der Waals surface area contributed by atoms with Gasteiger partial charge in [-0.15, -0.1) is 0 Å². The summed E-state index contributed by atoms with van der Waals surface area (Å²) >= 11 is 0. The van der Waals surface area contributed by atoms with E-state index in [1.165, 1.54) is 0 Å². The molecular weight excluding hydrogens is 358 g/mol. The molecule has 1 aliphatic carbocycles. The Balaban J connectivity index is 1.59. The molecule has 1 N–H and O–H groups in total. The SMILES string of the molecule is CC1CN(c2ccnc(C(=O)N3C(C(=O)O)CC4CCCCC43)c2)CC(C)O1. The number of aliphatic carboxylic acids is 1. The van der Waals surface area contributed by atoms with Crippen LogP contribution in [0.15, 0.2) is 18.3 Å². The molecule has 1 aromatic heterocycles. The number of fused-ring (bicyclic) bond motifs is 1. The number of pyridine rings is 1. The van der Waals surface area contributed by atoms with Crippen LogP contribution in [0.3, 0.4) is 0 Å². The van der Waals surface area contributed by atoms with Crippen molar-refractivity contribution in [2.45, 2.75) is 70.2 Å². The number of morpholine rings is 1. The number of rotatable bonds is 3. The van der Waals surface area contributed by atoms with Gasteiger partial charge in [-0.25, -0.2) is 4.79 Å². The number of amides is 1. The van der Waals surface area contributed by atoms with Gasteiger partial charge in [0.15, 0.2) is 0 Å². The summed E-state index contributed by atoms with van der Waals surface area (Å²) in [6.07, 6.45) is 6.52. The average molecular weight is 387 g/mol. The third-order valence-corrected chi connectivity index (χ3v) is 6.36. The van der Waals surface area contributed by atoms with Gasteiger partial charge in [-0.3, -0.25) is 9.78 Å². The van der Waals surface area contributed by atoms with Crippen molar-refractivity contribution in [2.75, 3.05) is 18.0 Å². The maximum absolute atomic E-state index is 13.3. The van der Waals surface area contributed by atoms with Gasteiger partial charge in [-0.1, -0.05) is 12.8 Å². The van der Waals surface area contributed by atoms with Gasteiger partial charge in [-0.05, 0) is 51.2 Å². The molecule has 1 amide bonds. The van der Waals surface area contributed by atoms with Crippen molar-refractivity contribution in [3.8, 4) is 0 Å². The molecule has 4 rings (SSSR count). The zero-order chi connectivity index (χ0) is 19.8. The molecule has 0 bridgehead atoms. The number of carbonyl (C=O) groups excluding carboxylic acids is 1. The Hall–Kier alpha value is -2.15. The Morgan fingerprint density at radius 3 is 2.61 bits per heavy atom. The minimum atomic E-state index is -0.908. The molecule has 2 aliphatic heterocycles. The van der Waals surface area contributed by atoms with E-state index in [4.69, 9.17) is 4.74 Å². The van der Waals surface area contributed by atoms with E-state index in [0.29, 0.717) is 18.0 Å². The highest BCUT2D eigenvalue weighted by Gasteiger charge is 2.48. The highest BCUT2D eigenvalue weighted by atomic mass is 16.5. The van der Waals surface area contributed by atoms with E-state index >= 15 is 0 Å². The fraction of sp³-hybridized carbons (Fsp3) is 0.667. The lowest BCUT2D eigenvalue weighted by molar-refractivity contribution is -0.141. The molecule has 3 aliphatic rings. The number of carbonyl (C=O) groups is 2. The van der Waals surface area contributed by atoms with Gasteiger partial charge in [0.25, 0.3) is 5.91 Å². The summed E-state index contributed by atoms with van der Waals surface area (Å²) in [6, 6.07) is 3.00. The number of hydrogen-bond acceptors (Lipinski definition) is 5. The van der Waals surface area contributed by atoms with Crippen molar-refractivity contribution in [1.82, 2.24) is 9.88 Å². The molecule has 3 fully saturated rings. The van der Waals surface area contributed by atoms with Gasteiger partial charge in [0, 0.05) is 31.0 Å². The first-order chi connectivity index (χ1) is 13.4. The third kappa shape index (κ3) is 3.60. The van der Waals surface area contributed by atoms with Crippen LogP contribution in [0, 0.1) is 5.92 Å². The molecule has 0 radical (unpaired) electrons. The minimum Gasteiger partial charge on any atom is -0.480 e. The van der Waals surface area contributed by atoms with Gasteiger partial charge in [0.1, 0.15) is 11.7 Å². The van der Waals surface area contributed by atoms with Gasteiger partial charge in [0.05, 0.1) is 12.2 Å². The number of aromatic nitrogens is 1. The molecule has 0 spiro atoms. The molecule has 152 valence electrons. The van der Waals surface area contributed by atoms with E-state index in [0.717, 1.165) is 44.5 Å². The van der Waals surface area contributed by atoms with Crippen molar-refractivity contribution in [1.29, 1.82) is 0 Å². The molecule has 7 heteroatoms. The lowest BCUT2D eigenvalue weighted by Gasteiger charge is -2.37. The third-order valence-electron chi connectivity index (χ3n) is 6.36. The molecule has 5 atom stereocenters. The van der Waals surface area contributed by atoms with Crippen LogP contribution in [0.4, 0.5) is 5.69 Å². The first-order valence-electron chi connectivity index (χ1n) is 10.4. The summed E-state index contributed by atoms with van der Waals surface area (Å²) in [6.45, 7) is 5.60. The van der Waals surface area contributed by atoms with E-state index in [1.807, 2.05) is 26.0 Å². The Morgan fingerprint density at radius 2 is 1.89 bits per heavy atom. The molecule has 2 saturated heterocycles. The molecule has 7 nitrogen and oxygen atoms in total. The first kappa shape index (κ1) is 19.2. The summed E-state index contributed by atoms with van der Waals surface area (Å²) in [7, 11) is 0. The van der Waals surface area contributed by atoms with Crippen molar-refractivity contribution in [3.63, 3.8) is 0 Å². The van der Waals surface area contributed by atoms with Gasteiger partial charge in [-0.2, -0.15) is 0 Å². The van der Waals surface area contributed by atoms with E-state index in [1.54, 1.807) is 11.1 Å². The monoisotopic (exact) mass is 387 g/mol. The van der Waals surface area contributed by atoms with Crippen LogP contribution in [-0.4, -0.2) is 64.2 Å². The fourth-order valence-corrected chi connectivity index (χ4v) is 5.23. The zero-order valence-electron chi connectivity index (χ0n) is 16.6. The second-order valence-corrected chi connectivity index (χ2v) is 8.48. The number of anilines is 1.